The monoisotopic (exact) mass is 453 g/mol. The summed E-state index contributed by atoms with van der Waals surface area (Å²) in [5.74, 6) is 1.06. The third-order valence-electron chi connectivity index (χ3n) is 5.26. The molecule has 7 nitrogen and oxygen atoms in total. The molecule has 164 valence electrons. The lowest BCUT2D eigenvalue weighted by Gasteiger charge is -2.24. The molecule has 1 saturated heterocycles. The summed E-state index contributed by atoms with van der Waals surface area (Å²) >= 11 is 6.26. The van der Waals surface area contributed by atoms with Crippen LogP contribution in [0.25, 0.3) is 0 Å². The topological polar surface area (TPSA) is 93.9 Å². The van der Waals surface area contributed by atoms with E-state index >= 15 is 0 Å². The van der Waals surface area contributed by atoms with Crippen LogP contribution in [0.4, 0.5) is 11.4 Å². The van der Waals surface area contributed by atoms with Crippen LogP contribution in [0.5, 0.6) is 11.5 Å². The molecule has 2 atom stereocenters. The van der Waals surface area contributed by atoms with Gasteiger partial charge in [0.05, 0.1) is 30.8 Å². The molecule has 3 N–H and O–H groups in total. The molecule has 1 heterocycles. The molecule has 3 rings (SSSR count). The number of hydrogen-bond donors (Lipinski definition) is 2. The number of benzene rings is 2. The van der Waals surface area contributed by atoms with Crippen LogP contribution in [0, 0.1) is 0 Å². The second-order valence-electron chi connectivity index (χ2n) is 7.54. The maximum atomic E-state index is 12.4. The van der Waals surface area contributed by atoms with Gasteiger partial charge in [-0.2, -0.15) is 0 Å². The smallest absolute Gasteiger partial charge is 0.177 e. The van der Waals surface area contributed by atoms with E-state index in [1.807, 2.05) is 19.1 Å². The Morgan fingerprint density at radius 3 is 2.53 bits per heavy atom. The Bertz CT molecular complexity index is 1030. The van der Waals surface area contributed by atoms with Crippen molar-refractivity contribution < 1.29 is 17.9 Å². The van der Waals surface area contributed by atoms with Crippen molar-refractivity contribution >= 4 is 32.8 Å². The number of anilines is 2. The minimum Gasteiger partial charge on any atom is -0.493 e. The van der Waals surface area contributed by atoms with Crippen molar-refractivity contribution in [3.63, 3.8) is 0 Å². The highest BCUT2D eigenvalue weighted by Crippen LogP contribution is 2.40. The van der Waals surface area contributed by atoms with Crippen LogP contribution in [0.15, 0.2) is 35.2 Å². The van der Waals surface area contributed by atoms with Crippen molar-refractivity contribution in [2.24, 2.45) is 5.73 Å². The number of rotatable bonds is 7. The lowest BCUT2D eigenvalue weighted by Crippen LogP contribution is -2.26. The molecule has 0 spiro atoms. The number of methoxy groups -OCH3 is 2. The van der Waals surface area contributed by atoms with E-state index in [2.05, 4.69) is 10.2 Å². The van der Waals surface area contributed by atoms with E-state index in [1.165, 1.54) is 6.26 Å². The van der Waals surface area contributed by atoms with Gasteiger partial charge < -0.3 is 25.4 Å². The molecule has 1 aliphatic rings. The summed E-state index contributed by atoms with van der Waals surface area (Å²) in [6.07, 6.45) is 2.11. The van der Waals surface area contributed by atoms with E-state index in [1.54, 1.807) is 32.4 Å². The van der Waals surface area contributed by atoms with Crippen molar-refractivity contribution in [1.82, 2.24) is 0 Å². The largest absolute Gasteiger partial charge is 0.493 e. The zero-order chi connectivity index (χ0) is 22.1. The van der Waals surface area contributed by atoms with Crippen molar-refractivity contribution in [3.8, 4) is 11.5 Å². The summed E-state index contributed by atoms with van der Waals surface area (Å²) in [6, 6.07) is 8.60. The summed E-state index contributed by atoms with van der Waals surface area (Å²) in [7, 11) is -0.336. The average Bonchev–Trinajstić information content (AvgIpc) is 3.12. The maximum Gasteiger partial charge on any atom is 0.177 e. The molecule has 30 heavy (non-hydrogen) atoms. The molecule has 0 amide bonds. The summed E-state index contributed by atoms with van der Waals surface area (Å²) in [5.41, 5.74) is 8.25. The third-order valence-corrected chi connectivity index (χ3v) is 6.64. The fourth-order valence-electron chi connectivity index (χ4n) is 3.76. The van der Waals surface area contributed by atoms with Gasteiger partial charge in [-0.05, 0) is 37.6 Å². The molecular formula is C21H28ClN3O4S. The van der Waals surface area contributed by atoms with Gasteiger partial charge in [0.1, 0.15) is 0 Å². The summed E-state index contributed by atoms with van der Waals surface area (Å²) in [5, 5.41) is 3.83. The van der Waals surface area contributed by atoms with Crippen LogP contribution in [0.3, 0.4) is 0 Å². The highest BCUT2D eigenvalue weighted by molar-refractivity contribution is 7.90. The van der Waals surface area contributed by atoms with Crippen molar-refractivity contribution in [1.29, 1.82) is 0 Å². The normalized spacial score (nSPS) is 17.7. The first-order valence-electron chi connectivity index (χ1n) is 9.66. The summed E-state index contributed by atoms with van der Waals surface area (Å²) < 4.78 is 35.7. The van der Waals surface area contributed by atoms with Crippen LogP contribution >= 0.6 is 11.6 Å². The highest BCUT2D eigenvalue weighted by Gasteiger charge is 2.24. The number of nitrogens with one attached hydrogen (secondary N) is 1. The standard InChI is InChI=1S/C21H28ClN3O4S/c1-13(17-9-14(22)10-19(28-2)21(17)29-3)24-18-11-16(25-8-7-15(23)12-25)5-6-20(18)30(4,26)27/h5-6,9-11,13,15,24H,7-8,12,23H2,1-4H3/t13-,15?/m1/s1. The summed E-state index contributed by atoms with van der Waals surface area (Å²) in [6.45, 7) is 3.50. The average molecular weight is 454 g/mol. The Kier molecular flexibility index (Phi) is 6.69. The Balaban J connectivity index is 2.01. The second-order valence-corrected chi connectivity index (χ2v) is 9.96. The molecule has 0 bridgehead atoms. The summed E-state index contributed by atoms with van der Waals surface area (Å²) in [4.78, 5) is 2.39. The van der Waals surface area contributed by atoms with Crippen LogP contribution in [-0.2, 0) is 9.84 Å². The molecular weight excluding hydrogens is 426 g/mol. The Labute approximate surface area is 183 Å². The van der Waals surface area contributed by atoms with E-state index < -0.39 is 9.84 Å². The van der Waals surface area contributed by atoms with Crippen LogP contribution in [0.2, 0.25) is 5.02 Å². The van der Waals surface area contributed by atoms with Gasteiger partial charge in [0.25, 0.3) is 0 Å². The number of nitrogens with zero attached hydrogens (tertiary/aromatic N) is 1. The lowest BCUT2D eigenvalue weighted by molar-refractivity contribution is 0.350. The molecule has 2 aromatic rings. The Morgan fingerprint density at radius 2 is 1.97 bits per heavy atom. The molecule has 2 aromatic carbocycles. The van der Waals surface area contributed by atoms with Crippen LogP contribution < -0.4 is 25.4 Å². The zero-order valence-electron chi connectivity index (χ0n) is 17.6. The molecule has 0 radical (unpaired) electrons. The Morgan fingerprint density at radius 1 is 1.23 bits per heavy atom. The van der Waals surface area contributed by atoms with E-state index in [-0.39, 0.29) is 17.0 Å². The fraction of sp³-hybridized carbons (Fsp3) is 0.429. The molecule has 0 aliphatic carbocycles. The number of halogens is 1. The first kappa shape index (κ1) is 22.5. The van der Waals surface area contributed by atoms with Gasteiger partial charge >= 0.3 is 0 Å². The molecule has 1 fully saturated rings. The first-order chi connectivity index (χ1) is 14.1. The molecule has 0 aromatic heterocycles. The second kappa shape index (κ2) is 8.91. The van der Waals surface area contributed by atoms with Crippen LogP contribution in [-0.4, -0.2) is 48.0 Å². The highest BCUT2D eigenvalue weighted by atomic mass is 35.5. The fourth-order valence-corrected chi connectivity index (χ4v) is 4.81. The van der Waals surface area contributed by atoms with Gasteiger partial charge in [-0.1, -0.05) is 11.6 Å². The molecule has 0 saturated carbocycles. The van der Waals surface area contributed by atoms with Crippen molar-refractivity contribution in [2.75, 3.05) is 43.8 Å². The van der Waals surface area contributed by atoms with Gasteiger partial charge in [0, 0.05) is 47.7 Å². The van der Waals surface area contributed by atoms with Crippen molar-refractivity contribution in [3.05, 3.63) is 40.9 Å². The predicted octanol–water partition coefficient (Wildman–Crippen LogP) is 3.47. The van der Waals surface area contributed by atoms with E-state index in [9.17, 15) is 8.42 Å². The SMILES string of the molecule is COc1cc(Cl)cc([C@@H](C)Nc2cc(N3CCC(N)C3)ccc2S(C)(=O)=O)c1OC. The molecule has 9 heteroatoms. The Hall–Kier alpha value is -2.16. The maximum absolute atomic E-state index is 12.4. The molecule has 1 aliphatic heterocycles. The van der Waals surface area contributed by atoms with Gasteiger partial charge in [-0.3, -0.25) is 0 Å². The minimum atomic E-state index is -3.44. The molecule has 1 unspecified atom stereocenters. The predicted molar refractivity (Wildman–Crippen MR) is 121 cm³/mol. The van der Waals surface area contributed by atoms with Gasteiger partial charge in [-0.15, -0.1) is 0 Å². The lowest BCUT2D eigenvalue weighted by atomic mass is 10.1. The third kappa shape index (κ3) is 4.77. The quantitative estimate of drug-likeness (QED) is 0.662. The van der Waals surface area contributed by atoms with Crippen LogP contribution in [0.1, 0.15) is 24.9 Å². The number of ether oxygens (including phenoxy) is 2. The number of nitrogens with two attached hydrogens (primary N) is 1. The van der Waals surface area contributed by atoms with Gasteiger partial charge in [0.15, 0.2) is 21.3 Å². The first-order valence-corrected chi connectivity index (χ1v) is 11.9. The minimum absolute atomic E-state index is 0.123. The van der Waals surface area contributed by atoms with Gasteiger partial charge in [-0.25, -0.2) is 8.42 Å². The zero-order valence-corrected chi connectivity index (χ0v) is 19.2. The van der Waals surface area contributed by atoms with Crippen molar-refractivity contribution in [2.45, 2.75) is 30.3 Å². The van der Waals surface area contributed by atoms with E-state index in [0.717, 1.165) is 30.8 Å². The van der Waals surface area contributed by atoms with Gasteiger partial charge in [0.2, 0.25) is 0 Å². The van der Waals surface area contributed by atoms with E-state index in [0.29, 0.717) is 22.2 Å². The number of hydrogen-bond acceptors (Lipinski definition) is 7. The number of sulfone groups is 1. The van der Waals surface area contributed by atoms with E-state index in [4.69, 9.17) is 26.8 Å².